The largest absolute Gasteiger partial charge is 0.380 e. The molecule has 0 bridgehead atoms. The normalized spacial score (nSPS) is 20.5. The Bertz CT molecular complexity index is 511. The number of anilines is 1. The molecule has 0 amide bonds. The Balaban J connectivity index is 0.00000242. The second kappa shape index (κ2) is 8.61. The number of ether oxygens (including phenoxy) is 1. The first-order valence-corrected chi connectivity index (χ1v) is 7.02. The Morgan fingerprint density at radius 2 is 2.18 bits per heavy atom. The summed E-state index contributed by atoms with van der Waals surface area (Å²) in [6.45, 7) is 0.798. The van der Waals surface area contributed by atoms with Crippen LogP contribution >= 0.6 is 24.0 Å². The van der Waals surface area contributed by atoms with E-state index >= 15 is 0 Å². The van der Waals surface area contributed by atoms with Gasteiger partial charge in [0.25, 0.3) is 0 Å². The number of rotatable bonds is 5. The van der Waals surface area contributed by atoms with Crippen molar-refractivity contribution in [3.8, 4) is 0 Å². The lowest BCUT2D eigenvalue weighted by Gasteiger charge is -2.12. The lowest BCUT2D eigenvalue weighted by Crippen LogP contribution is -2.24. The van der Waals surface area contributed by atoms with Crippen molar-refractivity contribution in [3.05, 3.63) is 29.8 Å². The fourth-order valence-electron chi connectivity index (χ4n) is 2.53. The predicted molar refractivity (Wildman–Crippen MR) is 95.0 cm³/mol. The monoisotopic (exact) mass is 425 g/mol. The van der Waals surface area contributed by atoms with Gasteiger partial charge in [-0.2, -0.15) is 0 Å². The summed E-state index contributed by atoms with van der Waals surface area (Å²) in [6, 6.07) is 7.59. The summed E-state index contributed by atoms with van der Waals surface area (Å²) in [5.41, 5.74) is 7.61. The van der Waals surface area contributed by atoms with Crippen LogP contribution in [0.4, 0.5) is 14.5 Å². The number of guanidine groups is 1. The Morgan fingerprint density at radius 1 is 1.45 bits per heavy atom. The highest BCUT2D eigenvalue weighted by Crippen LogP contribution is 2.38. The number of nitrogens with two attached hydrogens (primary N) is 1. The maximum absolute atomic E-state index is 13.1. The number of nitrogens with zero attached hydrogens (tertiary/aromatic N) is 1. The van der Waals surface area contributed by atoms with Gasteiger partial charge >= 0.3 is 0 Å². The average molecular weight is 425 g/mol. The van der Waals surface area contributed by atoms with Gasteiger partial charge in [-0.15, -0.1) is 24.0 Å². The molecule has 7 heteroatoms. The zero-order chi connectivity index (χ0) is 15.3. The van der Waals surface area contributed by atoms with Crippen LogP contribution in [0.2, 0.25) is 0 Å². The molecule has 0 heterocycles. The first-order chi connectivity index (χ1) is 10.00. The van der Waals surface area contributed by atoms with Gasteiger partial charge in [-0.25, -0.2) is 8.78 Å². The lowest BCUT2D eigenvalue weighted by atomic mass is 10.1. The van der Waals surface area contributed by atoms with Gasteiger partial charge < -0.3 is 15.8 Å². The van der Waals surface area contributed by atoms with Crippen molar-refractivity contribution in [2.24, 2.45) is 16.6 Å². The summed E-state index contributed by atoms with van der Waals surface area (Å²) >= 11 is 0. The molecule has 0 aromatic heterocycles. The van der Waals surface area contributed by atoms with Gasteiger partial charge in [-0.05, 0) is 18.4 Å². The van der Waals surface area contributed by atoms with Gasteiger partial charge in [0.2, 0.25) is 5.92 Å². The van der Waals surface area contributed by atoms with Crippen LogP contribution in [-0.4, -0.2) is 25.5 Å². The summed E-state index contributed by atoms with van der Waals surface area (Å²) in [5.74, 6) is -2.38. The molecule has 1 aliphatic carbocycles. The van der Waals surface area contributed by atoms with E-state index in [0.717, 1.165) is 11.3 Å². The molecule has 124 valence electrons. The van der Waals surface area contributed by atoms with Crippen molar-refractivity contribution in [3.63, 3.8) is 0 Å². The number of methoxy groups -OCH3 is 1. The molecule has 0 radical (unpaired) electrons. The van der Waals surface area contributed by atoms with E-state index < -0.39 is 5.92 Å². The van der Waals surface area contributed by atoms with Crippen molar-refractivity contribution in [2.75, 3.05) is 19.0 Å². The van der Waals surface area contributed by atoms with Crippen LogP contribution in [0, 0.1) is 5.92 Å². The molecule has 1 saturated carbocycles. The Morgan fingerprint density at radius 3 is 2.82 bits per heavy atom. The molecule has 1 aromatic rings. The molecule has 1 unspecified atom stereocenters. The third-order valence-electron chi connectivity index (χ3n) is 3.61. The number of hydrogen-bond donors (Lipinski definition) is 2. The number of para-hydroxylation sites is 1. The molecule has 1 aromatic carbocycles. The number of nitrogens with one attached hydrogen (secondary N) is 1. The Kier molecular flexibility index (Phi) is 7.47. The van der Waals surface area contributed by atoms with Crippen LogP contribution < -0.4 is 11.1 Å². The molecule has 1 aliphatic rings. The van der Waals surface area contributed by atoms with E-state index in [1.165, 1.54) is 0 Å². The molecule has 0 saturated heterocycles. The minimum Gasteiger partial charge on any atom is -0.380 e. The Hall–Kier alpha value is -0.960. The van der Waals surface area contributed by atoms with Crippen molar-refractivity contribution >= 4 is 35.6 Å². The van der Waals surface area contributed by atoms with Gasteiger partial charge in [0.05, 0.1) is 6.61 Å². The second-order valence-corrected chi connectivity index (χ2v) is 5.41. The highest BCUT2D eigenvalue weighted by molar-refractivity contribution is 14.0. The lowest BCUT2D eigenvalue weighted by molar-refractivity contribution is 0.00542. The van der Waals surface area contributed by atoms with Crippen molar-refractivity contribution in [2.45, 2.75) is 31.8 Å². The van der Waals surface area contributed by atoms with Crippen molar-refractivity contribution < 1.29 is 13.5 Å². The van der Waals surface area contributed by atoms with E-state index in [0.29, 0.717) is 19.6 Å². The molecule has 4 nitrogen and oxygen atoms in total. The van der Waals surface area contributed by atoms with Crippen LogP contribution in [0.5, 0.6) is 0 Å². The van der Waals surface area contributed by atoms with E-state index in [9.17, 15) is 8.78 Å². The number of alkyl halides is 2. The average Bonchev–Trinajstić information content (AvgIpc) is 2.79. The summed E-state index contributed by atoms with van der Waals surface area (Å²) in [4.78, 5) is 4.18. The van der Waals surface area contributed by atoms with E-state index in [2.05, 4.69) is 10.3 Å². The van der Waals surface area contributed by atoms with Gasteiger partial charge in [0.1, 0.15) is 0 Å². The van der Waals surface area contributed by atoms with Crippen LogP contribution in [0.25, 0.3) is 0 Å². The molecular formula is C15H22F2IN3O. The summed E-state index contributed by atoms with van der Waals surface area (Å²) < 4.78 is 31.3. The van der Waals surface area contributed by atoms with E-state index in [1.807, 2.05) is 24.3 Å². The van der Waals surface area contributed by atoms with Gasteiger partial charge in [0, 0.05) is 37.7 Å². The topological polar surface area (TPSA) is 59.6 Å². The number of halogens is 3. The maximum Gasteiger partial charge on any atom is 0.248 e. The predicted octanol–water partition coefficient (Wildman–Crippen LogP) is 3.61. The third-order valence-corrected chi connectivity index (χ3v) is 3.61. The molecule has 2 rings (SSSR count). The second-order valence-electron chi connectivity index (χ2n) is 5.41. The van der Waals surface area contributed by atoms with Gasteiger partial charge in [-0.1, -0.05) is 18.2 Å². The van der Waals surface area contributed by atoms with Crippen LogP contribution in [0.15, 0.2) is 29.3 Å². The van der Waals surface area contributed by atoms with Crippen molar-refractivity contribution in [1.82, 2.24) is 0 Å². The van der Waals surface area contributed by atoms with Crippen LogP contribution in [0.1, 0.15) is 24.8 Å². The van der Waals surface area contributed by atoms with Crippen LogP contribution in [0.3, 0.4) is 0 Å². The number of hydrogen-bond acceptors (Lipinski definition) is 2. The minimum absolute atomic E-state index is 0. The summed E-state index contributed by atoms with van der Waals surface area (Å²) in [6.07, 6.45) is 0.366. The molecule has 3 N–H and O–H groups in total. The fourth-order valence-corrected chi connectivity index (χ4v) is 2.53. The summed E-state index contributed by atoms with van der Waals surface area (Å²) in [5, 5.41) is 3.00. The highest BCUT2D eigenvalue weighted by atomic mass is 127. The molecule has 1 fully saturated rings. The highest BCUT2D eigenvalue weighted by Gasteiger charge is 2.39. The minimum atomic E-state index is -2.53. The molecule has 0 aliphatic heterocycles. The zero-order valence-electron chi connectivity index (χ0n) is 12.5. The van der Waals surface area contributed by atoms with E-state index in [-0.39, 0.29) is 48.7 Å². The van der Waals surface area contributed by atoms with Crippen molar-refractivity contribution in [1.29, 1.82) is 0 Å². The zero-order valence-corrected chi connectivity index (χ0v) is 14.8. The first-order valence-electron chi connectivity index (χ1n) is 7.02. The van der Waals surface area contributed by atoms with Gasteiger partial charge in [-0.3, -0.25) is 4.99 Å². The maximum atomic E-state index is 13.1. The molecule has 0 spiro atoms. The quantitative estimate of drug-likeness (QED) is 0.431. The molecular weight excluding hydrogens is 403 g/mol. The summed E-state index contributed by atoms with van der Waals surface area (Å²) in [7, 11) is 1.62. The van der Waals surface area contributed by atoms with Gasteiger partial charge in [0.15, 0.2) is 5.96 Å². The molecule has 22 heavy (non-hydrogen) atoms. The van der Waals surface area contributed by atoms with E-state index in [1.54, 1.807) is 7.11 Å². The Labute approximate surface area is 146 Å². The SMILES string of the molecule is COCc1ccccc1NC(N)=NCC1CCC(F)(F)C1.I. The fraction of sp³-hybridized carbons (Fsp3) is 0.533. The third kappa shape index (κ3) is 5.68. The van der Waals surface area contributed by atoms with Crippen LogP contribution in [-0.2, 0) is 11.3 Å². The first kappa shape index (κ1) is 19.1. The smallest absolute Gasteiger partial charge is 0.248 e. The number of benzene rings is 1. The standard InChI is InChI=1S/C15H21F2N3O.HI/c1-21-10-12-4-2-3-5-13(12)20-14(18)19-9-11-6-7-15(16,17)8-11;/h2-5,11H,6-10H2,1H3,(H3,18,19,20);1H. The molecule has 1 atom stereocenters. The van der Waals surface area contributed by atoms with E-state index in [4.69, 9.17) is 10.5 Å². The number of aliphatic imine (C=N–C) groups is 1.